The average Bonchev–Trinajstić information content (AvgIpc) is 2.55. The van der Waals surface area contributed by atoms with E-state index in [1.165, 1.54) is 0 Å². The highest BCUT2D eigenvalue weighted by atomic mass is 127. The maximum atomic E-state index is 11.9. The standard InChI is InChI=1S/C16H14INO4/c17-11-1-3-12(4-2-11)18-16(19)10-22-13-5-6-14-15(9-13)21-8-7-20-14/h1-6,9H,7-8,10H2,(H,18,19). The van der Waals surface area contributed by atoms with E-state index in [-0.39, 0.29) is 12.5 Å². The summed E-state index contributed by atoms with van der Waals surface area (Å²) in [6.07, 6.45) is 0. The van der Waals surface area contributed by atoms with Crippen molar-refractivity contribution in [2.75, 3.05) is 25.1 Å². The smallest absolute Gasteiger partial charge is 0.262 e. The minimum Gasteiger partial charge on any atom is -0.486 e. The normalized spacial score (nSPS) is 12.6. The second-order valence-corrected chi connectivity index (χ2v) is 5.89. The number of anilines is 1. The van der Waals surface area contributed by atoms with Crippen LogP contribution in [-0.4, -0.2) is 25.7 Å². The van der Waals surface area contributed by atoms with Crippen LogP contribution in [0.15, 0.2) is 42.5 Å². The van der Waals surface area contributed by atoms with Gasteiger partial charge >= 0.3 is 0 Å². The molecule has 1 N–H and O–H groups in total. The number of ether oxygens (including phenoxy) is 3. The van der Waals surface area contributed by atoms with E-state index in [0.29, 0.717) is 30.5 Å². The molecular formula is C16H14INO4. The topological polar surface area (TPSA) is 56.8 Å². The predicted octanol–water partition coefficient (Wildman–Crippen LogP) is 3.08. The Hall–Kier alpha value is -1.96. The summed E-state index contributed by atoms with van der Waals surface area (Å²) < 4.78 is 17.5. The van der Waals surface area contributed by atoms with Gasteiger partial charge < -0.3 is 19.5 Å². The van der Waals surface area contributed by atoms with Crippen molar-refractivity contribution in [2.24, 2.45) is 0 Å². The van der Waals surface area contributed by atoms with E-state index in [1.807, 2.05) is 24.3 Å². The molecule has 0 bridgehead atoms. The van der Waals surface area contributed by atoms with Crippen LogP contribution in [-0.2, 0) is 4.79 Å². The number of amides is 1. The summed E-state index contributed by atoms with van der Waals surface area (Å²) in [5.74, 6) is 1.70. The molecule has 0 radical (unpaired) electrons. The van der Waals surface area contributed by atoms with Crippen LogP contribution in [0.1, 0.15) is 0 Å². The van der Waals surface area contributed by atoms with E-state index in [9.17, 15) is 4.79 Å². The Kier molecular flexibility index (Phi) is 4.67. The summed E-state index contributed by atoms with van der Waals surface area (Å²) in [4.78, 5) is 11.9. The Morgan fingerprint density at radius 1 is 1.09 bits per heavy atom. The summed E-state index contributed by atoms with van der Waals surface area (Å²) in [6, 6.07) is 12.8. The first kappa shape index (κ1) is 15.0. The van der Waals surface area contributed by atoms with Crippen molar-refractivity contribution in [1.29, 1.82) is 0 Å². The molecule has 1 heterocycles. The fraction of sp³-hybridized carbons (Fsp3) is 0.188. The van der Waals surface area contributed by atoms with E-state index in [2.05, 4.69) is 27.9 Å². The van der Waals surface area contributed by atoms with Crippen LogP contribution in [0.25, 0.3) is 0 Å². The molecule has 2 aromatic carbocycles. The zero-order valence-electron chi connectivity index (χ0n) is 11.7. The van der Waals surface area contributed by atoms with Crippen LogP contribution >= 0.6 is 22.6 Å². The molecule has 1 aliphatic heterocycles. The van der Waals surface area contributed by atoms with Gasteiger partial charge in [-0.3, -0.25) is 4.79 Å². The van der Waals surface area contributed by atoms with Gasteiger partial charge in [-0.1, -0.05) is 0 Å². The zero-order chi connectivity index (χ0) is 15.4. The number of nitrogens with one attached hydrogen (secondary N) is 1. The summed E-state index contributed by atoms with van der Waals surface area (Å²) in [5.41, 5.74) is 0.746. The lowest BCUT2D eigenvalue weighted by Gasteiger charge is -2.18. The van der Waals surface area contributed by atoms with Gasteiger partial charge in [0, 0.05) is 15.3 Å². The van der Waals surface area contributed by atoms with Gasteiger partial charge in [-0.2, -0.15) is 0 Å². The molecule has 5 nitrogen and oxygen atoms in total. The molecule has 0 atom stereocenters. The van der Waals surface area contributed by atoms with Gasteiger partial charge in [0.1, 0.15) is 19.0 Å². The Labute approximate surface area is 141 Å². The Morgan fingerprint density at radius 2 is 1.82 bits per heavy atom. The Morgan fingerprint density at radius 3 is 2.59 bits per heavy atom. The molecule has 2 aromatic rings. The summed E-state index contributed by atoms with van der Waals surface area (Å²) in [6.45, 7) is 1.00. The molecule has 3 rings (SSSR count). The molecule has 0 unspecified atom stereocenters. The van der Waals surface area contributed by atoms with Crippen molar-refractivity contribution in [3.63, 3.8) is 0 Å². The van der Waals surface area contributed by atoms with Gasteiger partial charge in [0.05, 0.1) is 0 Å². The molecule has 0 aliphatic carbocycles. The molecule has 114 valence electrons. The molecule has 0 fully saturated rings. The number of carbonyl (C=O) groups is 1. The summed E-state index contributed by atoms with van der Waals surface area (Å²) >= 11 is 2.21. The third-order valence-electron chi connectivity index (χ3n) is 3.01. The maximum absolute atomic E-state index is 11.9. The minimum atomic E-state index is -0.212. The highest BCUT2D eigenvalue weighted by molar-refractivity contribution is 14.1. The highest BCUT2D eigenvalue weighted by Crippen LogP contribution is 2.33. The van der Waals surface area contributed by atoms with Crippen LogP contribution < -0.4 is 19.5 Å². The van der Waals surface area contributed by atoms with Gasteiger partial charge in [-0.25, -0.2) is 0 Å². The van der Waals surface area contributed by atoms with Crippen molar-refractivity contribution < 1.29 is 19.0 Å². The van der Waals surface area contributed by atoms with Crippen LogP contribution in [0.4, 0.5) is 5.69 Å². The van der Waals surface area contributed by atoms with Gasteiger partial charge in [0.15, 0.2) is 18.1 Å². The van der Waals surface area contributed by atoms with E-state index in [0.717, 1.165) is 9.26 Å². The highest BCUT2D eigenvalue weighted by Gasteiger charge is 2.12. The number of hydrogen-bond acceptors (Lipinski definition) is 4. The van der Waals surface area contributed by atoms with E-state index < -0.39 is 0 Å². The lowest BCUT2D eigenvalue weighted by molar-refractivity contribution is -0.118. The van der Waals surface area contributed by atoms with E-state index in [1.54, 1.807) is 18.2 Å². The number of benzene rings is 2. The van der Waals surface area contributed by atoms with Gasteiger partial charge in [0.2, 0.25) is 0 Å². The first-order chi connectivity index (χ1) is 10.7. The third kappa shape index (κ3) is 3.82. The molecule has 0 spiro atoms. The van der Waals surface area contributed by atoms with E-state index >= 15 is 0 Å². The second-order valence-electron chi connectivity index (χ2n) is 4.65. The molecule has 0 saturated carbocycles. The lowest BCUT2D eigenvalue weighted by atomic mass is 10.3. The Bertz CT molecular complexity index is 672. The quantitative estimate of drug-likeness (QED) is 0.786. The van der Waals surface area contributed by atoms with Crippen molar-refractivity contribution in [2.45, 2.75) is 0 Å². The van der Waals surface area contributed by atoms with Crippen LogP contribution in [0.2, 0.25) is 0 Å². The number of rotatable bonds is 4. The van der Waals surface area contributed by atoms with Crippen LogP contribution in [0.3, 0.4) is 0 Å². The van der Waals surface area contributed by atoms with Crippen molar-refractivity contribution in [3.8, 4) is 17.2 Å². The molecule has 1 amide bonds. The maximum Gasteiger partial charge on any atom is 0.262 e. The van der Waals surface area contributed by atoms with Crippen molar-refractivity contribution in [1.82, 2.24) is 0 Å². The monoisotopic (exact) mass is 411 g/mol. The summed E-state index contributed by atoms with van der Waals surface area (Å²) in [7, 11) is 0. The fourth-order valence-electron chi connectivity index (χ4n) is 1.99. The van der Waals surface area contributed by atoms with Gasteiger partial charge in [-0.05, 0) is 59.0 Å². The first-order valence-corrected chi connectivity index (χ1v) is 7.86. The van der Waals surface area contributed by atoms with E-state index in [4.69, 9.17) is 14.2 Å². The average molecular weight is 411 g/mol. The summed E-state index contributed by atoms with van der Waals surface area (Å²) in [5, 5.41) is 2.78. The number of fused-ring (bicyclic) bond motifs is 1. The predicted molar refractivity (Wildman–Crippen MR) is 90.7 cm³/mol. The molecule has 0 aromatic heterocycles. The van der Waals surface area contributed by atoms with Crippen LogP contribution in [0, 0.1) is 3.57 Å². The first-order valence-electron chi connectivity index (χ1n) is 6.78. The molecule has 0 saturated heterocycles. The minimum absolute atomic E-state index is 0.0639. The Balaban J connectivity index is 1.55. The number of halogens is 1. The fourth-order valence-corrected chi connectivity index (χ4v) is 2.35. The zero-order valence-corrected chi connectivity index (χ0v) is 13.8. The van der Waals surface area contributed by atoms with Crippen molar-refractivity contribution >= 4 is 34.2 Å². The SMILES string of the molecule is O=C(COc1ccc2c(c1)OCCO2)Nc1ccc(I)cc1. The van der Waals surface area contributed by atoms with Crippen molar-refractivity contribution in [3.05, 3.63) is 46.0 Å². The molecule has 22 heavy (non-hydrogen) atoms. The van der Waals surface area contributed by atoms with Gasteiger partial charge in [-0.15, -0.1) is 0 Å². The molecule has 1 aliphatic rings. The third-order valence-corrected chi connectivity index (χ3v) is 3.73. The van der Waals surface area contributed by atoms with Gasteiger partial charge in [0.25, 0.3) is 5.91 Å². The van der Waals surface area contributed by atoms with Crippen LogP contribution in [0.5, 0.6) is 17.2 Å². The second kappa shape index (κ2) is 6.87. The molecule has 6 heteroatoms. The largest absolute Gasteiger partial charge is 0.486 e. The number of carbonyl (C=O) groups excluding carboxylic acids is 1. The lowest BCUT2D eigenvalue weighted by Crippen LogP contribution is -2.20. The molecular weight excluding hydrogens is 397 g/mol. The number of hydrogen-bond donors (Lipinski definition) is 1.